The van der Waals surface area contributed by atoms with Crippen LogP contribution in [0.5, 0.6) is 0 Å². The second-order valence-corrected chi connectivity index (χ2v) is 5.74. The lowest BCUT2D eigenvalue weighted by Gasteiger charge is -2.31. The summed E-state index contributed by atoms with van der Waals surface area (Å²) >= 11 is 0. The van der Waals surface area contributed by atoms with Crippen molar-refractivity contribution in [1.82, 2.24) is 14.7 Å². The molecule has 21 heavy (non-hydrogen) atoms. The molecule has 0 bridgehead atoms. The van der Waals surface area contributed by atoms with Gasteiger partial charge in [-0.3, -0.25) is 9.48 Å². The highest BCUT2D eigenvalue weighted by molar-refractivity contribution is 5.96. The van der Waals surface area contributed by atoms with Gasteiger partial charge in [-0.05, 0) is 45.6 Å². The summed E-state index contributed by atoms with van der Waals surface area (Å²) in [6.07, 6.45) is 3.06. The van der Waals surface area contributed by atoms with E-state index in [1.165, 1.54) is 0 Å². The minimum atomic E-state index is 0. The molecule has 1 fully saturated rings. The fraction of sp³-hybridized carbons (Fsp3) is 0.733. The summed E-state index contributed by atoms with van der Waals surface area (Å²) in [5, 5.41) is 4.50. The first-order valence-electron chi connectivity index (χ1n) is 7.61. The van der Waals surface area contributed by atoms with Crippen LogP contribution in [0.4, 0.5) is 0 Å². The van der Waals surface area contributed by atoms with Crippen LogP contribution in [0.3, 0.4) is 0 Å². The number of rotatable bonds is 4. The highest BCUT2D eigenvalue weighted by Gasteiger charge is 2.27. The van der Waals surface area contributed by atoms with Gasteiger partial charge in [0.25, 0.3) is 5.91 Å². The largest absolute Gasteiger partial charge is 0.339 e. The molecule has 5 nitrogen and oxygen atoms in total. The molecule has 120 valence electrons. The lowest BCUT2D eigenvalue weighted by atomic mass is 9.96. The van der Waals surface area contributed by atoms with Crippen LogP contribution in [0.15, 0.2) is 0 Å². The molecule has 1 aromatic heterocycles. The lowest BCUT2D eigenvalue weighted by molar-refractivity contribution is 0.0692. The van der Waals surface area contributed by atoms with Gasteiger partial charge in [-0.1, -0.05) is 6.92 Å². The van der Waals surface area contributed by atoms with Crippen molar-refractivity contribution < 1.29 is 4.79 Å². The number of aromatic nitrogens is 2. The topological polar surface area (TPSA) is 64.2 Å². The molecule has 1 amide bonds. The van der Waals surface area contributed by atoms with Crippen molar-refractivity contribution in [3.05, 3.63) is 17.0 Å². The van der Waals surface area contributed by atoms with Crippen LogP contribution < -0.4 is 5.73 Å². The molecule has 2 heterocycles. The molecular weight excluding hydrogens is 288 g/mol. The number of amides is 1. The molecule has 2 rings (SSSR count). The van der Waals surface area contributed by atoms with E-state index in [9.17, 15) is 4.79 Å². The zero-order valence-electron chi connectivity index (χ0n) is 13.3. The van der Waals surface area contributed by atoms with Gasteiger partial charge >= 0.3 is 0 Å². The first-order chi connectivity index (χ1) is 9.58. The van der Waals surface area contributed by atoms with Gasteiger partial charge in [-0.15, -0.1) is 12.4 Å². The van der Waals surface area contributed by atoms with Crippen molar-refractivity contribution in [2.75, 3.05) is 19.6 Å². The molecule has 0 spiro atoms. The maximum absolute atomic E-state index is 12.7. The first-order valence-corrected chi connectivity index (χ1v) is 7.61. The number of aryl methyl sites for hydroxylation is 2. The van der Waals surface area contributed by atoms with E-state index in [0.717, 1.165) is 62.4 Å². The Bertz CT molecular complexity index is 478. The smallest absolute Gasteiger partial charge is 0.257 e. The van der Waals surface area contributed by atoms with E-state index in [4.69, 9.17) is 5.73 Å². The number of likely N-dealkylation sites (tertiary alicyclic amines) is 1. The second-order valence-electron chi connectivity index (χ2n) is 5.74. The van der Waals surface area contributed by atoms with Crippen molar-refractivity contribution in [1.29, 1.82) is 0 Å². The molecule has 2 N–H and O–H groups in total. The Labute approximate surface area is 133 Å². The van der Waals surface area contributed by atoms with Crippen LogP contribution in [0.2, 0.25) is 0 Å². The van der Waals surface area contributed by atoms with Gasteiger partial charge in [-0.2, -0.15) is 5.10 Å². The van der Waals surface area contributed by atoms with E-state index in [-0.39, 0.29) is 18.3 Å². The van der Waals surface area contributed by atoms with Crippen LogP contribution in [0.25, 0.3) is 0 Å². The normalized spacial score (nSPS) is 15.9. The van der Waals surface area contributed by atoms with Gasteiger partial charge in [0.2, 0.25) is 0 Å². The molecule has 1 saturated heterocycles. The summed E-state index contributed by atoms with van der Waals surface area (Å²) in [5.74, 6) is 0.710. The molecular formula is C15H27ClN4O. The van der Waals surface area contributed by atoms with E-state index in [2.05, 4.69) is 12.0 Å². The molecule has 0 aliphatic carbocycles. The third kappa shape index (κ3) is 3.77. The number of hydrogen-bond acceptors (Lipinski definition) is 3. The number of hydrogen-bond donors (Lipinski definition) is 1. The molecule has 0 unspecified atom stereocenters. The number of nitrogens with two attached hydrogens (primary N) is 1. The third-order valence-electron chi connectivity index (χ3n) is 4.27. The van der Waals surface area contributed by atoms with E-state index in [1.807, 2.05) is 23.4 Å². The molecule has 0 atom stereocenters. The zero-order valence-corrected chi connectivity index (χ0v) is 14.1. The number of piperidine rings is 1. The minimum absolute atomic E-state index is 0. The quantitative estimate of drug-likeness (QED) is 0.926. The summed E-state index contributed by atoms with van der Waals surface area (Å²) in [6, 6.07) is 0. The van der Waals surface area contributed by atoms with Gasteiger partial charge in [-0.25, -0.2) is 0 Å². The van der Waals surface area contributed by atoms with Gasteiger partial charge in [0.1, 0.15) is 0 Å². The number of nitrogens with zero attached hydrogens (tertiary/aromatic N) is 3. The standard InChI is InChI=1S/C15H26N4O.ClH/c1-4-7-19-12(3)14(11(2)17-19)15(20)18-8-5-13(10-16)6-9-18;/h13H,4-10,16H2,1-3H3;1H. The predicted molar refractivity (Wildman–Crippen MR) is 86.9 cm³/mol. The zero-order chi connectivity index (χ0) is 14.7. The highest BCUT2D eigenvalue weighted by Crippen LogP contribution is 2.21. The molecule has 1 aromatic rings. The summed E-state index contributed by atoms with van der Waals surface area (Å²) in [5.41, 5.74) is 8.34. The Hall–Kier alpha value is -1.07. The fourth-order valence-electron chi connectivity index (χ4n) is 2.97. The maximum Gasteiger partial charge on any atom is 0.257 e. The average molecular weight is 315 g/mol. The van der Waals surface area contributed by atoms with Crippen molar-refractivity contribution in [2.45, 2.75) is 46.6 Å². The molecule has 0 saturated carbocycles. The van der Waals surface area contributed by atoms with Crippen molar-refractivity contribution in [2.24, 2.45) is 11.7 Å². The highest BCUT2D eigenvalue weighted by atomic mass is 35.5. The molecule has 0 aromatic carbocycles. The van der Waals surface area contributed by atoms with Crippen LogP contribution in [0.1, 0.15) is 47.9 Å². The summed E-state index contributed by atoms with van der Waals surface area (Å²) in [4.78, 5) is 14.7. The van der Waals surface area contributed by atoms with E-state index in [1.54, 1.807) is 0 Å². The number of carbonyl (C=O) groups excluding carboxylic acids is 1. The van der Waals surface area contributed by atoms with E-state index in [0.29, 0.717) is 5.92 Å². The van der Waals surface area contributed by atoms with E-state index < -0.39 is 0 Å². The van der Waals surface area contributed by atoms with Crippen molar-refractivity contribution in [3.63, 3.8) is 0 Å². The first kappa shape index (κ1) is 18.0. The van der Waals surface area contributed by atoms with Gasteiger partial charge in [0, 0.05) is 25.3 Å². The third-order valence-corrected chi connectivity index (χ3v) is 4.27. The van der Waals surface area contributed by atoms with Crippen LogP contribution >= 0.6 is 12.4 Å². The van der Waals surface area contributed by atoms with Gasteiger partial charge < -0.3 is 10.6 Å². The number of carbonyl (C=O) groups is 1. The molecule has 1 aliphatic heterocycles. The summed E-state index contributed by atoms with van der Waals surface area (Å²) < 4.78 is 1.95. The van der Waals surface area contributed by atoms with Gasteiger partial charge in [0.15, 0.2) is 0 Å². The maximum atomic E-state index is 12.7. The van der Waals surface area contributed by atoms with Crippen molar-refractivity contribution >= 4 is 18.3 Å². The van der Waals surface area contributed by atoms with Crippen LogP contribution in [-0.2, 0) is 6.54 Å². The monoisotopic (exact) mass is 314 g/mol. The Kier molecular flexibility index (Phi) is 6.68. The Balaban J connectivity index is 0.00000220. The van der Waals surface area contributed by atoms with Gasteiger partial charge in [0.05, 0.1) is 11.3 Å². The lowest BCUT2D eigenvalue weighted by Crippen LogP contribution is -2.40. The summed E-state index contributed by atoms with van der Waals surface area (Å²) in [6.45, 7) is 9.28. The molecule has 1 aliphatic rings. The predicted octanol–water partition coefficient (Wildman–Crippen LogP) is 2.14. The van der Waals surface area contributed by atoms with Crippen LogP contribution in [-0.4, -0.2) is 40.2 Å². The Morgan fingerprint density at radius 2 is 1.95 bits per heavy atom. The molecule has 6 heteroatoms. The van der Waals surface area contributed by atoms with Crippen molar-refractivity contribution in [3.8, 4) is 0 Å². The van der Waals surface area contributed by atoms with E-state index >= 15 is 0 Å². The minimum Gasteiger partial charge on any atom is -0.339 e. The molecule has 0 radical (unpaired) electrons. The second kappa shape index (κ2) is 7.80. The average Bonchev–Trinajstić information content (AvgIpc) is 2.73. The summed E-state index contributed by atoms with van der Waals surface area (Å²) in [7, 11) is 0. The fourth-order valence-corrected chi connectivity index (χ4v) is 2.97. The Morgan fingerprint density at radius 1 is 1.33 bits per heavy atom. The number of halogens is 1. The SMILES string of the molecule is CCCn1nc(C)c(C(=O)N2CCC(CN)CC2)c1C.Cl. The Morgan fingerprint density at radius 3 is 2.48 bits per heavy atom. The van der Waals surface area contributed by atoms with Crippen LogP contribution in [0, 0.1) is 19.8 Å².